The molecule has 1 saturated heterocycles. The zero-order valence-corrected chi connectivity index (χ0v) is 11.5. The molecule has 1 aliphatic heterocycles. The van der Waals surface area contributed by atoms with Crippen LogP contribution in [0.1, 0.15) is 6.92 Å². The molecule has 2 rings (SSSR count). The summed E-state index contributed by atoms with van der Waals surface area (Å²) in [5, 5.41) is 8.49. The van der Waals surface area contributed by atoms with Crippen LogP contribution in [-0.2, 0) is 9.59 Å². The van der Waals surface area contributed by atoms with Gasteiger partial charge >= 0.3 is 0 Å². The minimum absolute atomic E-state index is 0. The number of hydrogen-bond donors (Lipinski definition) is 3. The summed E-state index contributed by atoms with van der Waals surface area (Å²) in [4.78, 5) is 23.5. The molecule has 1 fully saturated rings. The Morgan fingerprint density at radius 3 is 2.42 bits per heavy atom. The highest BCUT2D eigenvalue weighted by molar-refractivity contribution is 5.97. The van der Waals surface area contributed by atoms with Gasteiger partial charge in [0, 0.05) is 18.8 Å². The van der Waals surface area contributed by atoms with E-state index in [1.54, 1.807) is 6.92 Å². The van der Waals surface area contributed by atoms with Crippen LogP contribution in [0.2, 0.25) is 0 Å². The molecule has 0 saturated carbocycles. The highest BCUT2D eigenvalue weighted by atomic mass is 35.5. The van der Waals surface area contributed by atoms with E-state index in [1.165, 1.54) is 0 Å². The van der Waals surface area contributed by atoms with Crippen LogP contribution in [0.4, 0.5) is 5.69 Å². The Labute approximate surface area is 118 Å². The van der Waals surface area contributed by atoms with Crippen molar-refractivity contribution in [1.82, 2.24) is 10.6 Å². The summed E-state index contributed by atoms with van der Waals surface area (Å²) in [5.41, 5.74) is 0.730. The van der Waals surface area contributed by atoms with Gasteiger partial charge in [-0.3, -0.25) is 9.59 Å². The van der Waals surface area contributed by atoms with Gasteiger partial charge in [-0.25, -0.2) is 0 Å². The number of anilines is 1. The molecule has 0 radical (unpaired) electrons. The lowest BCUT2D eigenvalue weighted by Crippen LogP contribution is -2.54. The molecule has 6 heteroatoms. The van der Waals surface area contributed by atoms with Gasteiger partial charge in [0.15, 0.2) is 0 Å². The molecular formula is C13H18ClN3O2. The monoisotopic (exact) mass is 283 g/mol. The predicted molar refractivity (Wildman–Crippen MR) is 76.3 cm³/mol. The minimum Gasteiger partial charge on any atom is -0.344 e. The fourth-order valence-corrected chi connectivity index (χ4v) is 1.64. The molecule has 3 N–H and O–H groups in total. The first kappa shape index (κ1) is 15.5. The number of rotatable bonds is 4. The molecule has 2 amide bonds. The van der Waals surface area contributed by atoms with Gasteiger partial charge in [-0.05, 0) is 19.1 Å². The molecule has 1 aliphatic rings. The number of para-hydroxylation sites is 1. The average molecular weight is 284 g/mol. The lowest BCUT2D eigenvalue weighted by molar-refractivity contribution is -0.130. The van der Waals surface area contributed by atoms with Crippen molar-refractivity contribution in [2.75, 3.05) is 18.4 Å². The second kappa shape index (κ2) is 7.11. The summed E-state index contributed by atoms with van der Waals surface area (Å²) in [6.45, 7) is 3.07. The van der Waals surface area contributed by atoms with Crippen LogP contribution in [0.5, 0.6) is 0 Å². The van der Waals surface area contributed by atoms with Gasteiger partial charge in [0.1, 0.15) is 6.04 Å². The third-order valence-corrected chi connectivity index (χ3v) is 2.95. The van der Waals surface area contributed by atoms with Crippen LogP contribution in [0.3, 0.4) is 0 Å². The van der Waals surface area contributed by atoms with E-state index in [-0.39, 0.29) is 30.1 Å². The number of amides is 2. The number of halogens is 1. The number of carbonyl (C=O) groups is 2. The van der Waals surface area contributed by atoms with Gasteiger partial charge in [0.2, 0.25) is 11.8 Å². The van der Waals surface area contributed by atoms with E-state index < -0.39 is 6.04 Å². The first-order valence-electron chi connectivity index (χ1n) is 6.04. The van der Waals surface area contributed by atoms with E-state index in [2.05, 4.69) is 16.0 Å². The second-order valence-electron chi connectivity index (χ2n) is 4.44. The van der Waals surface area contributed by atoms with Crippen LogP contribution in [-0.4, -0.2) is 30.9 Å². The van der Waals surface area contributed by atoms with Crippen molar-refractivity contribution in [3.8, 4) is 0 Å². The Kier molecular flexibility index (Phi) is 5.79. The average Bonchev–Trinajstić information content (AvgIpc) is 2.27. The first-order valence-corrected chi connectivity index (χ1v) is 6.04. The third-order valence-electron chi connectivity index (χ3n) is 2.95. The second-order valence-corrected chi connectivity index (χ2v) is 4.44. The van der Waals surface area contributed by atoms with Gasteiger partial charge in [-0.1, -0.05) is 18.2 Å². The largest absolute Gasteiger partial charge is 0.344 e. The van der Waals surface area contributed by atoms with Crippen molar-refractivity contribution in [2.24, 2.45) is 5.92 Å². The topological polar surface area (TPSA) is 70.2 Å². The summed E-state index contributed by atoms with van der Waals surface area (Å²) in [5.74, 6) is -0.275. The Morgan fingerprint density at radius 2 is 1.89 bits per heavy atom. The molecule has 1 unspecified atom stereocenters. The Bertz CT molecular complexity index is 435. The first-order chi connectivity index (χ1) is 8.66. The van der Waals surface area contributed by atoms with Crippen LogP contribution >= 0.6 is 12.4 Å². The molecule has 1 atom stereocenters. The van der Waals surface area contributed by atoms with Crippen molar-refractivity contribution in [3.63, 3.8) is 0 Å². The van der Waals surface area contributed by atoms with Crippen LogP contribution in [0.15, 0.2) is 30.3 Å². The van der Waals surface area contributed by atoms with Crippen molar-refractivity contribution < 1.29 is 9.59 Å². The summed E-state index contributed by atoms with van der Waals surface area (Å²) < 4.78 is 0. The highest BCUT2D eigenvalue weighted by Crippen LogP contribution is 2.06. The smallest absolute Gasteiger partial charge is 0.246 e. The van der Waals surface area contributed by atoms with Gasteiger partial charge in [-0.15, -0.1) is 12.4 Å². The molecule has 104 valence electrons. The molecular weight excluding hydrogens is 266 g/mol. The Hall–Kier alpha value is -1.59. The Balaban J connectivity index is 0.00000180. The van der Waals surface area contributed by atoms with E-state index in [0.717, 1.165) is 5.69 Å². The van der Waals surface area contributed by atoms with Crippen LogP contribution < -0.4 is 16.0 Å². The van der Waals surface area contributed by atoms with E-state index in [1.807, 2.05) is 30.3 Å². The maximum absolute atomic E-state index is 11.8. The summed E-state index contributed by atoms with van der Waals surface area (Å²) in [6.07, 6.45) is 0. The van der Waals surface area contributed by atoms with Crippen LogP contribution in [0.25, 0.3) is 0 Å². The fraction of sp³-hybridized carbons (Fsp3) is 0.385. The van der Waals surface area contributed by atoms with Gasteiger partial charge < -0.3 is 16.0 Å². The van der Waals surface area contributed by atoms with Gasteiger partial charge in [-0.2, -0.15) is 0 Å². The predicted octanol–water partition coefficient (Wildman–Crippen LogP) is 0.771. The maximum atomic E-state index is 11.8. The maximum Gasteiger partial charge on any atom is 0.246 e. The lowest BCUT2D eigenvalue weighted by atomic mass is 10.0. The molecule has 0 bridgehead atoms. The van der Waals surface area contributed by atoms with E-state index >= 15 is 0 Å². The summed E-state index contributed by atoms with van der Waals surface area (Å²) in [7, 11) is 0. The van der Waals surface area contributed by atoms with Gasteiger partial charge in [0.05, 0.1) is 5.92 Å². The molecule has 1 aromatic carbocycles. The Morgan fingerprint density at radius 1 is 1.26 bits per heavy atom. The molecule has 0 aromatic heterocycles. The van der Waals surface area contributed by atoms with Crippen LogP contribution in [0, 0.1) is 5.92 Å². The number of benzene rings is 1. The van der Waals surface area contributed by atoms with Crippen molar-refractivity contribution in [3.05, 3.63) is 30.3 Å². The van der Waals surface area contributed by atoms with E-state index in [0.29, 0.717) is 13.1 Å². The van der Waals surface area contributed by atoms with Gasteiger partial charge in [0.25, 0.3) is 0 Å². The molecule has 0 spiro atoms. The summed E-state index contributed by atoms with van der Waals surface area (Å²) in [6, 6.07) is 8.66. The standard InChI is InChI=1S/C13H17N3O2.ClH/c1-9(15-13(18)10-7-14-8-10)12(17)16-11-5-3-2-4-6-11;/h2-6,9-10,14H,7-8H2,1H3,(H,15,18)(H,16,17);1H. The molecule has 0 aliphatic carbocycles. The van der Waals surface area contributed by atoms with Crippen molar-refractivity contribution in [2.45, 2.75) is 13.0 Å². The van der Waals surface area contributed by atoms with E-state index in [9.17, 15) is 9.59 Å². The molecule has 1 heterocycles. The lowest BCUT2D eigenvalue weighted by Gasteiger charge is -2.27. The minimum atomic E-state index is -0.529. The number of nitrogens with one attached hydrogen (secondary N) is 3. The van der Waals surface area contributed by atoms with E-state index in [4.69, 9.17) is 0 Å². The fourth-order valence-electron chi connectivity index (χ4n) is 1.64. The van der Waals surface area contributed by atoms with Crippen molar-refractivity contribution in [1.29, 1.82) is 0 Å². The molecule has 5 nitrogen and oxygen atoms in total. The summed E-state index contributed by atoms with van der Waals surface area (Å²) >= 11 is 0. The molecule has 1 aromatic rings. The zero-order valence-electron chi connectivity index (χ0n) is 10.7. The molecule has 19 heavy (non-hydrogen) atoms. The number of hydrogen-bond acceptors (Lipinski definition) is 3. The van der Waals surface area contributed by atoms with Crippen molar-refractivity contribution >= 4 is 29.9 Å². The number of carbonyl (C=O) groups excluding carboxylic acids is 2. The quantitative estimate of drug-likeness (QED) is 0.764. The third kappa shape index (κ3) is 4.22. The zero-order chi connectivity index (χ0) is 13.0. The SMILES string of the molecule is CC(NC(=O)C1CNC1)C(=O)Nc1ccccc1.Cl. The normalized spacial score (nSPS) is 15.6. The highest BCUT2D eigenvalue weighted by Gasteiger charge is 2.27.